The molecule has 0 bridgehead atoms. The topological polar surface area (TPSA) is 70.7 Å². The summed E-state index contributed by atoms with van der Waals surface area (Å²) in [5.41, 5.74) is 9.32. The molecule has 0 aliphatic carbocycles. The van der Waals surface area contributed by atoms with Gasteiger partial charge in [0.2, 0.25) is 0 Å². The second-order valence-electron chi connectivity index (χ2n) is 10.00. The third-order valence-corrected chi connectivity index (χ3v) is 7.25. The zero-order chi connectivity index (χ0) is 26.5. The van der Waals surface area contributed by atoms with Crippen LogP contribution in [-0.4, -0.2) is 26.4 Å². The molecule has 190 valence electrons. The van der Waals surface area contributed by atoms with Gasteiger partial charge in [0.25, 0.3) is 0 Å². The van der Waals surface area contributed by atoms with Crippen molar-refractivity contribution in [3.8, 4) is 5.69 Å². The predicted molar refractivity (Wildman–Crippen MR) is 157 cm³/mol. The lowest BCUT2D eigenvalue weighted by Crippen LogP contribution is -2.46. The average Bonchev–Trinajstić information content (AvgIpc) is 3.30. The Bertz CT molecular complexity index is 1750. The zero-order valence-electron chi connectivity index (χ0n) is 22.0. The van der Waals surface area contributed by atoms with E-state index in [-0.39, 0.29) is 6.04 Å². The van der Waals surface area contributed by atoms with Crippen molar-refractivity contribution >= 4 is 34.6 Å². The Kier molecular flexibility index (Phi) is 5.37. The first kappa shape index (κ1) is 23.1. The van der Waals surface area contributed by atoms with Crippen molar-refractivity contribution in [1.82, 2.24) is 14.8 Å². The van der Waals surface area contributed by atoms with Gasteiger partial charge in [-0.1, -0.05) is 47.5 Å². The first-order valence-corrected chi connectivity index (χ1v) is 13.0. The average molecular weight is 510 g/mol. The number of anilines is 2. The van der Waals surface area contributed by atoms with Gasteiger partial charge >= 0.3 is 0 Å². The van der Waals surface area contributed by atoms with Gasteiger partial charge in [-0.05, 0) is 74.9 Å². The monoisotopic (exact) mass is 509 g/mol. The second-order valence-corrected chi connectivity index (χ2v) is 10.00. The molecular weight excluding hydrogens is 482 g/mol. The fourth-order valence-electron chi connectivity index (χ4n) is 5.30. The van der Waals surface area contributed by atoms with Gasteiger partial charge in [-0.2, -0.15) is 5.10 Å². The molecule has 0 unspecified atom stereocenters. The number of para-hydroxylation sites is 2. The molecule has 39 heavy (non-hydrogen) atoms. The van der Waals surface area contributed by atoms with E-state index in [4.69, 9.17) is 15.1 Å². The molecule has 2 aliphatic rings. The summed E-state index contributed by atoms with van der Waals surface area (Å²) < 4.78 is 1.95. The lowest BCUT2D eigenvalue weighted by Gasteiger charge is -2.40. The molecule has 7 nitrogen and oxygen atoms in total. The third-order valence-electron chi connectivity index (χ3n) is 7.25. The van der Waals surface area contributed by atoms with Crippen molar-refractivity contribution in [3.63, 3.8) is 0 Å². The highest BCUT2D eigenvalue weighted by Gasteiger charge is 2.41. The molecule has 1 atom stereocenters. The van der Waals surface area contributed by atoms with E-state index in [1.807, 2.05) is 35.3 Å². The first-order valence-electron chi connectivity index (χ1n) is 13.0. The SMILES string of the molecule is Cc1ccc(NC2=Nc3ccccc3N3C2=Nc2c(c(C)nn2-c2ccc(C)cc2)[C@@H]3c2ccncc2)cc1. The van der Waals surface area contributed by atoms with Crippen LogP contribution < -0.4 is 10.2 Å². The first-order chi connectivity index (χ1) is 19.1. The van der Waals surface area contributed by atoms with Gasteiger partial charge in [0.15, 0.2) is 17.5 Å². The third kappa shape index (κ3) is 3.90. The Labute approximate surface area is 227 Å². The summed E-state index contributed by atoms with van der Waals surface area (Å²) in [5, 5.41) is 8.57. The van der Waals surface area contributed by atoms with Crippen LogP contribution in [0.5, 0.6) is 0 Å². The molecule has 7 rings (SSSR count). The van der Waals surface area contributed by atoms with E-state index in [9.17, 15) is 0 Å². The Morgan fingerprint density at radius 3 is 2.18 bits per heavy atom. The van der Waals surface area contributed by atoms with Gasteiger partial charge < -0.3 is 10.2 Å². The number of benzene rings is 3. The molecule has 3 aromatic carbocycles. The standard InChI is InChI=1S/C32H27N7/c1-20-8-12-24(13-9-20)34-30-32-36-31-28(22(3)37-39(31)25-14-10-21(2)11-15-25)29(23-16-18-33-19-17-23)38(32)27-7-5-4-6-26(27)35-30/h4-19,29H,1-3H3,(H,34,35)/t29-/m0/s1. The summed E-state index contributed by atoms with van der Waals surface area (Å²) in [6.45, 7) is 6.23. The molecule has 2 aromatic heterocycles. The summed E-state index contributed by atoms with van der Waals surface area (Å²) >= 11 is 0. The minimum atomic E-state index is -0.166. The number of pyridine rings is 1. The number of rotatable bonds is 3. The molecule has 0 saturated carbocycles. The van der Waals surface area contributed by atoms with Crippen molar-refractivity contribution in [2.75, 3.05) is 10.2 Å². The molecule has 4 heterocycles. The summed E-state index contributed by atoms with van der Waals surface area (Å²) in [5.74, 6) is 2.25. The van der Waals surface area contributed by atoms with Crippen LogP contribution in [0.15, 0.2) is 107 Å². The van der Waals surface area contributed by atoms with Gasteiger partial charge in [0, 0.05) is 23.6 Å². The van der Waals surface area contributed by atoms with E-state index in [0.717, 1.165) is 51.2 Å². The maximum atomic E-state index is 5.29. The normalized spacial score (nSPS) is 15.6. The van der Waals surface area contributed by atoms with Crippen LogP contribution in [0.2, 0.25) is 0 Å². The molecule has 0 radical (unpaired) electrons. The molecule has 2 aliphatic heterocycles. The Morgan fingerprint density at radius 1 is 0.744 bits per heavy atom. The predicted octanol–water partition coefficient (Wildman–Crippen LogP) is 6.99. The van der Waals surface area contributed by atoms with Crippen LogP contribution in [0.1, 0.15) is 34.0 Å². The van der Waals surface area contributed by atoms with Gasteiger partial charge in [0.05, 0.1) is 28.8 Å². The molecular formula is C32H27N7. The molecule has 1 N–H and O–H groups in total. The van der Waals surface area contributed by atoms with Crippen molar-refractivity contribution in [1.29, 1.82) is 0 Å². The smallest absolute Gasteiger partial charge is 0.179 e. The maximum absolute atomic E-state index is 5.29. The number of hydrogen-bond donors (Lipinski definition) is 1. The minimum Gasteiger partial charge on any atom is -0.337 e. The summed E-state index contributed by atoms with van der Waals surface area (Å²) in [6.07, 6.45) is 3.69. The van der Waals surface area contributed by atoms with E-state index in [0.29, 0.717) is 5.84 Å². The summed E-state index contributed by atoms with van der Waals surface area (Å²) in [4.78, 5) is 16.9. The van der Waals surface area contributed by atoms with E-state index in [1.165, 1.54) is 11.1 Å². The van der Waals surface area contributed by atoms with Crippen molar-refractivity contribution < 1.29 is 0 Å². The summed E-state index contributed by atoms with van der Waals surface area (Å²) in [6, 6.07) is 28.9. The van der Waals surface area contributed by atoms with E-state index >= 15 is 0 Å². The molecule has 0 fully saturated rings. The lowest BCUT2D eigenvalue weighted by atomic mass is 9.94. The van der Waals surface area contributed by atoms with Gasteiger partial charge in [-0.15, -0.1) is 0 Å². The molecule has 0 spiro atoms. The quantitative estimate of drug-likeness (QED) is 0.285. The number of nitrogens with one attached hydrogen (secondary N) is 1. The Morgan fingerprint density at radius 2 is 1.44 bits per heavy atom. The number of aromatic nitrogens is 3. The molecule has 0 amide bonds. The van der Waals surface area contributed by atoms with E-state index < -0.39 is 0 Å². The van der Waals surface area contributed by atoms with Crippen molar-refractivity contribution in [2.45, 2.75) is 26.8 Å². The number of hydrogen-bond acceptors (Lipinski definition) is 6. The lowest BCUT2D eigenvalue weighted by molar-refractivity contribution is 0.813. The fraction of sp³-hybridized carbons (Fsp3) is 0.125. The second kappa shape index (κ2) is 9.06. The van der Waals surface area contributed by atoms with Crippen LogP contribution in [0, 0.1) is 20.8 Å². The molecule has 7 heteroatoms. The highest BCUT2D eigenvalue weighted by Crippen LogP contribution is 2.48. The van der Waals surface area contributed by atoms with Gasteiger partial charge in [-0.3, -0.25) is 4.98 Å². The van der Waals surface area contributed by atoms with Crippen LogP contribution in [0.4, 0.5) is 22.9 Å². The molecule has 5 aromatic rings. The minimum absolute atomic E-state index is 0.166. The highest BCUT2D eigenvalue weighted by atomic mass is 15.4. The summed E-state index contributed by atoms with van der Waals surface area (Å²) in [7, 11) is 0. The fourth-order valence-corrected chi connectivity index (χ4v) is 5.30. The van der Waals surface area contributed by atoms with Crippen LogP contribution in [-0.2, 0) is 0 Å². The van der Waals surface area contributed by atoms with Crippen LogP contribution in [0.25, 0.3) is 5.69 Å². The maximum Gasteiger partial charge on any atom is 0.179 e. The van der Waals surface area contributed by atoms with Crippen molar-refractivity contribution in [2.24, 2.45) is 9.98 Å². The Balaban J connectivity index is 1.49. The Hall–Kier alpha value is -5.04. The number of aryl methyl sites for hydroxylation is 3. The number of aliphatic imine (C=N–C) groups is 2. The van der Waals surface area contributed by atoms with E-state index in [2.05, 4.69) is 103 Å². The number of fused-ring (bicyclic) bond motifs is 4. The number of nitrogens with zero attached hydrogens (tertiary/aromatic N) is 6. The van der Waals surface area contributed by atoms with Crippen molar-refractivity contribution in [3.05, 3.63) is 125 Å². The van der Waals surface area contributed by atoms with E-state index in [1.54, 1.807) is 0 Å². The largest absolute Gasteiger partial charge is 0.337 e. The van der Waals surface area contributed by atoms with Crippen LogP contribution >= 0.6 is 0 Å². The zero-order valence-corrected chi connectivity index (χ0v) is 22.0. The van der Waals surface area contributed by atoms with Gasteiger partial charge in [0.1, 0.15) is 0 Å². The van der Waals surface area contributed by atoms with Crippen LogP contribution in [0.3, 0.4) is 0 Å². The highest BCUT2D eigenvalue weighted by molar-refractivity contribution is 6.51. The molecule has 0 saturated heterocycles. The van der Waals surface area contributed by atoms with Gasteiger partial charge in [-0.25, -0.2) is 14.7 Å². The number of amidine groups is 2.